The molecule has 2 aliphatic rings. The molecule has 5 nitrogen and oxygen atoms in total. The van der Waals surface area contributed by atoms with Gasteiger partial charge in [-0.1, -0.05) is 0 Å². The summed E-state index contributed by atoms with van der Waals surface area (Å²) in [4.78, 5) is 34.2. The van der Waals surface area contributed by atoms with E-state index < -0.39 is 0 Å². The highest BCUT2D eigenvalue weighted by Gasteiger charge is 2.28. The first kappa shape index (κ1) is 15.8. The minimum atomic E-state index is -0.0406. The van der Waals surface area contributed by atoms with Crippen molar-refractivity contribution >= 4 is 27.5 Å². The highest BCUT2D eigenvalue weighted by molar-refractivity contribution is 7.18. The SMILES string of the molecule is C[C@@H](NC(=O)CCc1nc2sc3c(c2c(=O)[nH]1)CCCC3)C1CC1. The molecule has 1 saturated carbocycles. The molecule has 2 heterocycles. The fourth-order valence-corrected chi connectivity index (χ4v) is 4.88. The third-order valence-electron chi connectivity index (χ3n) is 5.18. The number of H-pyrrole nitrogens is 1. The molecule has 0 aromatic carbocycles. The first-order valence-electron chi connectivity index (χ1n) is 8.94. The number of rotatable bonds is 5. The van der Waals surface area contributed by atoms with Crippen LogP contribution in [-0.2, 0) is 24.1 Å². The minimum Gasteiger partial charge on any atom is -0.353 e. The summed E-state index contributed by atoms with van der Waals surface area (Å²) in [5.41, 5.74) is 1.17. The third-order valence-corrected chi connectivity index (χ3v) is 6.37. The van der Waals surface area contributed by atoms with Crippen LogP contribution >= 0.6 is 11.3 Å². The lowest BCUT2D eigenvalue weighted by atomic mass is 9.97. The lowest BCUT2D eigenvalue weighted by molar-refractivity contribution is -0.121. The maximum atomic E-state index is 12.5. The standard InChI is InChI=1S/C18H23N3O2S/c1-10(11-6-7-11)19-15(22)9-8-14-20-17(23)16-12-4-2-3-5-13(12)24-18(16)21-14/h10-11H,2-9H2,1H3,(H,19,22)(H,20,21,23)/t10-/m1/s1. The summed E-state index contributed by atoms with van der Waals surface area (Å²) in [5.74, 6) is 1.32. The Morgan fingerprint density at radius 1 is 1.38 bits per heavy atom. The smallest absolute Gasteiger partial charge is 0.259 e. The topological polar surface area (TPSA) is 74.8 Å². The van der Waals surface area contributed by atoms with Gasteiger partial charge in [0.15, 0.2) is 0 Å². The predicted molar refractivity (Wildman–Crippen MR) is 95.5 cm³/mol. The van der Waals surface area contributed by atoms with Crippen LogP contribution in [0.15, 0.2) is 4.79 Å². The van der Waals surface area contributed by atoms with Crippen LogP contribution in [0.3, 0.4) is 0 Å². The molecule has 0 spiro atoms. The number of aromatic nitrogens is 2. The predicted octanol–water partition coefficient (Wildman–Crippen LogP) is 2.71. The van der Waals surface area contributed by atoms with Crippen molar-refractivity contribution in [3.8, 4) is 0 Å². The lowest BCUT2D eigenvalue weighted by Crippen LogP contribution is -2.34. The average molecular weight is 345 g/mol. The normalized spacial score (nSPS) is 18.4. The highest BCUT2D eigenvalue weighted by atomic mass is 32.1. The van der Waals surface area contributed by atoms with E-state index in [1.807, 2.05) is 0 Å². The number of hydrogen-bond donors (Lipinski definition) is 2. The van der Waals surface area contributed by atoms with Gasteiger partial charge in [-0.3, -0.25) is 9.59 Å². The molecule has 0 saturated heterocycles. The molecule has 24 heavy (non-hydrogen) atoms. The van der Waals surface area contributed by atoms with Crippen LogP contribution in [0.4, 0.5) is 0 Å². The van der Waals surface area contributed by atoms with E-state index in [9.17, 15) is 9.59 Å². The summed E-state index contributed by atoms with van der Waals surface area (Å²) in [5, 5.41) is 3.83. The Morgan fingerprint density at radius 2 is 2.17 bits per heavy atom. The average Bonchev–Trinajstić information content (AvgIpc) is 3.33. The van der Waals surface area contributed by atoms with E-state index in [0.717, 1.165) is 29.5 Å². The van der Waals surface area contributed by atoms with Crippen molar-refractivity contribution in [2.24, 2.45) is 5.92 Å². The van der Waals surface area contributed by atoms with E-state index in [4.69, 9.17) is 0 Å². The number of aryl methyl sites for hydroxylation is 3. The Morgan fingerprint density at radius 3 is 2.96 bits per heavy atom. The van der Waals surface area contributed by atoms with Crippen molar-refractivity contribution in [2.45, 2.75) is 64.3 Å². The molecular formula is C18H23N3O2S. The number of carbonyl (C=O) groups excluding carboxylic acids is 1. The molecular weight excluding hydrogens is 322 g/mol. The highest BCUT2D eigenvalue weighted by Crippen LogP contribution is 2.33. The lowest BCUT2D eigenvalue weighted by Gasteiger charge is -2.12. The van der Waals surface area contributed by atoms with Gasteiger partial charge >= 0.3 is 0 Å². The Kier molecular flexibility index (Phi) is 4.16. The van der Waals surface area contributed by atoms with E-state index in [0.29, 0.717) is 24.6 Å². The van der Waals surface area contributed by atoms with Crippen molar-refractivity contribution in [1.29, 1.82) is 0 Å². The molecule has 1 amide bonds. The molecule has 2 aromatic rings. The molecule has 2 aliphatic carbocycles. The van der Waals surface area contributed by atoms with Gasteiger partial charge in [-0.15, -0.1) is 11.3 Å². The van der Waals surface area contributed by atoms with Crippen LogP contribution in [0.1, 0.15) is 55.3 Å². The van der Waals surface area contributed by atoms with Gasteiger partial charge in [0.05, 0.1) is 5.39 Å². The fourth-order valence-electron chi connectivity index (χ4n) is 3.60. The first-order valence-corrected chi connectivity index (χ1v) is 9.76. The number of fused-ring (bicyclic) bond motifs is 3. The second-order valence-electron chi connectivity index (χ2n) is 7.10. The third kappa shape index (κ3) is 3.11. The molecule has 0 bridgehead atoms. The van der Waals surface area contributed by atoms with Gasteiger partial charge < -0.3 is 10.3 Å². The summed E-state index contributed by atoms with van der Waals surface area (Å²) in [6.07, 6.45) is 7.69. The zero-order valence-electron chi connectivity index (χ0n) is 14.0. The second kappa shape index (κ2) is 6.31. The molecule has 128 valence electrons. The summed E-state index contributed by atoms with van der Waals surface area (Å²) >= 11 is 1.65. The number of carbonyl (C=O) groups is 1. The van der Waals surface area contributed by atoms with Crippen LogP contribution in [0.2, 0.25) is 0 Å². The van der Waals surface area contributed by atoms with E-state index in [1.165, 1.54) is 29.7 Å². The molecule has 0 aliphatic heterocycles. The molecule has 0 radical (unpaired) electrons. The second-order valence-corrected chi connectivity index (χ2v) is 8.18. The monoisotopic (exact) mass is 345 g/mol. The van der Waals surface area contributed by atoms with Crippen molar-refractivity contribution in [2.75, 3.05) is 0 Å². The van der Waals surface area contributed by atoms with E-state index in [1.54, 1.807) is 11.3 Å². The number of hydrogen-bond acceptors (Lipinski definition) is 4. The minimum absolute atomic E-state index is 0.0406. The van der Waals surface area contributed by atoms with Crippen molar-refractivity contribution < 1.29 is 4.79 Å². The van der Waals surface area contributed by atoms with Crippen LogP contribution in [0.5, 0.6) is 0 Å². The summed E-state index contributed by atoms with van der Waals surface area (Å²) < 4.78 is 0. The Bertz CT molecular complexity index is 835. The number of thiophene rings is 1. The maximum absolute atomic E-state index is 12.5. The zero-order chi connectivity index (χ0) is 16.7. The molecule has 6 heteroatoms. The van der Waals surface area contributed by atoms with Crippen LogP contribution in [0, 0.1) is 5.92 Å². The Hall–Kier alpha value is -1.69. The number of amides is 1. The van der Waals surface area contributed by atoms with Crippen LogP contribution in [0.25, 0.3) is 10.2 Å². The molecule has 1 atom stereocenters. The molecule has 2 aromatic heterocycles. The quantitative estimate of drug-likeness (QED) is 0.875. The summed E-state index contributed by atoms with van der Waals surface area (Å²) in [6.45, 7) is 2.07. The molecule has 0 unspecified atom stereocenters. The summed E-state index contributed by atoms with van der Waals surface area (Å²) in [6, 6.07) is 0.260. The first-order chi connectivity index (χ1) is 11.6. The van der Waals surface area contributed by atoms with E-state index >= 15 is 0 Å². The Balaban J connectivity index is 1.48. The summed E-state index contributed by atoms with van der Waals surface area (Å²) in [7, 11) is 0. The molecule has 4 rings (SSSR count). The van der Waals surface area contributed by atoms with Crippen LogP contribution in [-0.4, -0.2) is 21.9 Å². The van der Waals surface area contributed by atoms with Crippen molar-refractivity contribution in [3.63, 3.8) is 0 Å². The number of nitrogens with zero attached hydrogens (tertiary/aromatic N) is 1. The van der Waals surface area contributed by atoms with Gasteiger partial charge in [0, 0.05) is 23.8 Å². The number of nitrogens with one attached hydrogen (secondary N) is 2. The van der Waals surface area contributed by atoms with Gasteiger partial charge in [-0.2, -0.15) is 0 Å². The van der Waals surface area contributed by atoms with Crippen molar-refractivity contribution in [3.05, 3.63) is 26.6 Å². The molecule has 1 fully saturated rings. The Labute approximate surface area is 144 Å². The fraction of sp³-hybridized carbons (Fsp3) is 0.611. The zero-order valence-corrected chi connectivity index (χ0v) is 14.8. The largest absolute Gasteiger partial charge is 0.353 e. The number of aromatic amines is 1. The van der Waals surface area contributed by atoms with Crippen LogP contribution < -0.4 is 10.9 Å². The van der Waals surface area contributed by atoms with Crippen molar-refractivity contribution in [1.82, 2.24) is 15.3 Å². The molecule has 2 N–H and O–H groups in total. The van der Waals surface area contributed by atoms with Gasteiger partial charge in [0.2, 0.25) is 5.91 Å². The van der Waals surface area contributed by atoms with Gasteiger partial charge in [0.25, 0.3) is 5.56 Å². The maximum Gasteiger partial charge on any atom is 0.259 e. The van der Waals surface area contributed by atoms with E-state index in [2.05, 4.69) is 22.2 Å². The van der Waals surface area contributed by atoms with Gasteiger partial charge in [0.1, 0.15) is 10.7 Å². The van der Waals surface area contributed by atoms with Gasteiger partial charge in [-0.05, 0) is 56.9 Å². The van der Waals surface area contributed by atoms with Gasteiger partial charge in [-0.25, -0.2) is 4.98 Å². The van der Waals surface area contributed by atoms with E-state index in [-0.39, 0.29) is 17.5 Å².